The molecule has 6 rings (SSSR count). The number of hydrogen-bond donors (Lipinski definition) is 3. The largest absolute Gasteiger partial charge is 0.461 e. The van der Waals surface area contributed by atoms with E-state index in [1.807, 2.05) is 0 Å². The molecule has 9 nitrogen and oxygen atoms in total. The van der Waals surface area contributed by atoms with E-state index in [1.165, 1.54) is 6.92 Å². The van der Waals surface area contributed by atoms with Crippen LogP contribution in [0.1, 0.15) is 33.6 Å². The van der Waals surface area contributed by atoms with E-state index in [1.54, 1.807) is 19.9 Å². The molecular weight excluding hydrogens is 408 g/mol. The summed E-state index contributed by atoms with van der Waals surface area (Å²) in [4.78, 5) is 25.6. The molecule has 5 fully saturated rings. The van der Waals surface area contributed by atoms with Crippen LogP contribution in [-0.2, 0) is 28.5 Å². The van der Waals surface area contributed by atoms with Crippen LogP contribution in [0, 0.1) is 23.2 Å². The maximum Gasteiger partial charge on any atom is 0.319 e. The normalized spacial score (nSPS) is 58.4. The van der Waals surface area contributed by atoms with Crippen LogP contribution in [0.5, 0.6) is 0 Å². The maximum absolute atomic E-state index is 13.5. The molecule has 2 bridgehead atoms. The molecule has 0 aromatic heterocycles. The molecule has 0 aromatic rings. The molecule has 31 heavy (non-hydrogen) atoms. The van der Waals surface area contributed by atoms with Crippen LogP contribution in [0.3, 0.4) is 0 Å². The summed E-state index contributed by atoms with van der Waals surface area (Å²) < 4.78 is 23.5. The summed E-state index contributed by atoms with van der Waals surface area (Å²) >= 11 is 0. The first kappa shape index (κ1) is 19.9. The summed E-state index contributed by atoms with van der Waals surface area (Å²) in [7, 11) is 0. The van der Waals surface area contributed by atoms with E-state index in [-0.39, 0.29) is 12.8 Å². The van der Waals surface area contributed by atoms with Gasteiger partial charge in [0.05, 0.1) is 5.60 Å². The van der Waals surface area contributed by atoms with Crippen molar-refractivity contribution >= 4 is 11.9 Å². The topological polar surface area (TPSA) is 132 Å². The summed E-state index contributed by atoms with van der Waals surface area (Å²) in [5.74, 6) is -4.70. The standard InChI is InChI=1S/C22H26O9/c1-8-6-20-15-14-12(7-19(15,4)26)29-18(25)21(14,20)13(28-10(3)23)5-11-9(2)17(24)30-16(11)22(8,27)31-20/h6,11-17,24,26-27H,2,5,7H2,1,3-4H3/t11-,12-,13+,14-,15-,16-,17-,19-,20-,21+,22-/m0/s1. The highest BCUT2D eigenvalue weighted by molar-refractivity contribution is 5.87. The SMILES string of the molecule is C=C1[C@@H](O)O[C@H]2[C@H]1C[C@@H](OC(C)=O)[C@]13C(=O)O[C@H]4C[C@](C)(O)[C@H]([C@H]41)[C@@]31C=C(C)[C@]2(O)O1. The lowest BCUT2D eigenvalue weighted by Crippen LogP contribution is -2.79. The summed E-state index contributed by atoms with van der Waals surface area (Å²) in [5.41, 5.74) is -3.35. The van der Waals surface area contributed by atoms with Gasteiger partial charge in [-0.2, -0.15) is 0 Å². The van der Waals surface area contributed by atoms with Gasteiger partial charge in [-0.25, -0.2) is 0 Å². The van der Waals surface area contributed by atoms with Gasteiger partial charge in [0.25, 0.3) is 0 Å². The average molecular weight is 434 g/mol. The van der Waals surface area contributed by atoms with Crippen molar-refractivity contribution < 1.29 is 43.9 Å². The van der Waals surface area contributed by atoms with Crippen LogP contribution in [0.25, 0.3) is 0 Å². The number of aliphatic hydroxyl groups excluding tert-OH is 1. The molecule has 0 unspecified atom stereocenters. The Morgan fingerprint density at radius 3 is 2.74 bits per heavy atom. The summed E-state index contributed by atoms with van der Waals surface area (Å²) in [6.45, 7) is 8.52. The van der Waals surface area contributed by atoms with E-state index in [0.29, 0.717) is 11.1 Å². The number of fused-ring (bicyclic) bond motifs is 3. The van der Waals surface area contributed by atoms with Gasteiger partial charge in [-0.15, -0.1) is 0 Å². The summed E-state index contributed by atoms with van der Waals surface area (Å²) in [6, 6.07) is 0. The quantitative estimate of drug-likeness (QED) is 0.383. The van der Waals surface area contributed by atoms with E-state index >= 15 is 0 Å². The van der Waals surface area contributed by atoms with Crippen molar-refractivity contribution in [2.45, 2.75) is 75.2 Å². The molecule has 9 heteroatoms. The number of carbonyl (C=O) groups excluding carboxylic acids is 2. The molecule has 4 aliphatic heterocycles. The van der Waals surface area contributed by atoms with Gasteiger partial charge in [0.15, 0.2) is 6.29 Å². The molecule has 168 valence electrons. The molecule has 4 heterocycles. The van der Waals surface area contributed by atoms with Gasteiger partial charge in [-0.3, -0.25) is 9.59 Å². The highest BCUT2D eigenvalue weighted by Crippen LogP contribution is 2.79. The van der Waals surface area contributed by atoms with Crippen LogP contribution >= 0.6 is 0 Å². The van der Waals surface area contributed by atoms with E-state index in [2.05, 4.69) is 6.58 Å². The zero-order valence-corrected chi connectivity index (χ0v) is 17.5. The minimum absolute atomic E-state index is 0.0991. The van der Waals surface area contributed by atoms with Gasteiger partial charge in [-0.1, -0.05) is 6.58 Å². The maximum atomic E-state index is 13.5. The average Bonchev–Trinajstić information content (AvgIpc) is 3.24. The molecule has 6 aliphatic rings. The fourth-order valence-corrected chi connectivity index (χ4v) is 7.74. The van der Waals surface area contributed by atoms with Gasteiger partial charge >= 0.3 is 11.9 Å². The Morgan fingerprint density at radius 1 is 1.35 bits per heavy atom. The molecule has 0 amide bonds. The minimum atomic E-state index is -1.94. The first-order valence-corrected chi connectivity index (χ1v) is 10.7. The lowest BCUT2D eigenvalue weighted by Gasteiger charge is -2.65. The van der Waals surface area contributed by atoms with Crippen molar-refractivity contribution in [2.24, 2.45) is 23.2 Å². The van der Waals surface area contributed by atoms with Crippen molar-refractivity contribution in [3.05, 3.63) is 23.8 Å². The number of esters is 2. The fraction of sp³-hybridized carbons (Fsp3) is 0.727. The van der Waals surface area contributed by atoms with Crippen molar-refractivity contribution in [2.75, 3.05) is 0 Å². The first-order chi connectivity index (χ1) is 14.4. The number of ether oxygens (including phenoxy) is 4. The lowest BCUT2D eigenvalue weighted by atomic mass is 9.41. The molecular formula is C22H26O9. The molecule has 11 atom stereocenters. The molecule has 0 aromatic carbocycles. The number of rotatable bonds is 1. The first-order valence-electron chi connectivity index (χ1n) is 10.7. The number of hydrogen-bond acceptors (Lipinski definition) is 9. The fourth-order valence-electron chi connectivity index (χ4n) is 7.74. The Labute approximate surface area is 178 Å². The molecule has 3 N–H and O–H groups in total. The molecule has 2 aliphatic carbocycles. The van der Waals surface area contributed by atoms with E-state index in [9.17, 15) is 24.9 Å². The third kappa shape index (κ3) is 1.89. The van der Waals surface area contributed by atoms with Gasteiger partial charge in [-0.05, 0) is 37.5 Å². The van der Waals surface area contributed by atoms with Gasteiger partial charge in [0.2, 0.25) is 5.79 Å². The monoisotopic (exact) mass is 434 g/mol. The second kappa shape index (κ2) is 5.40. The van der Waals surface area contributed by atoms with Gasteiger partial charge < -0.3 is 34.3 Å². The van der Waals surface area contributed by atoms with Crippen LogP contribution in [0.4, 0.5) is 0 Å². The van der Waals surface area contributed by atoms with E-state index < -0.39 is 76.7 Å². The molecule has 0 radical (unpaired) electrons. The van der Waals surface area contributed by atoms with Crippen LogP contribution < -0.4 is 0 Å². The predicted molar refractivity (Wildman–Crippen MR) is 101 cm³/mol. The van der Waals surface area contributed by atoms with Crippen LogP contribution in [-0.4, -0.2) is 68.8 Å². The Morgan fingerprint density at radius 2 is 2.06 bits per heavy atom. The Kier molecular flexibility index (Phi) is 3.46. The highest BCUT2D eigenvalue weighted by atomic mass is 16.7. The Bertz CT molecular complexity index is 970. The molecule has 2 spiro atoms. The summed E-state index contributed by atoms with van der Waals surface area (Å²) in [6.07, 6.45) is -1.85. The van der Waals surface area contributed by atoms with E-state index in [0.717, 1.165) is 0 Å². The van der Waals surface area contributed by atoms with Crippen LogP contribution in [0.2, 0.25) is 0 Å². The minimum Gasteiger partial charge on any atom is -0.461 e. The number of aliphatic hydroxyl groups is 3. The smallest absolute Gasteiger partial charge is 0.319 e. The van der Waals surface area contributed by atoms with Gasteiger partial charge in [0.1, 0.15) is 29.3 Å². The van der Waals surface area contributed by atoms with Crippen molar-refractivity contribution in [3.63, 3.8) is 0 Å². The van der Waals surface area contributed by atoms with E-state index in [4.69, 9.17) is 18.9 Å². The third-order valence-corrected chi connectivity index (χ3v) is 8.70. The lowest BCUT2D eigenvalue weighted by molar-refractivity contribution is -0.371. The second-order valence-electron chi connectivity index (χ2n) is 10.2. The number of carbonyl (C=O) groups is 2. The van der Waals surface area contributed by atoms with Crippen molar-refractivity contribution in [1.82, 2.24) is 0 Å². The van der Waals surface area contributed by atoms with Crippen molar-refractivity contribution in [3.8, 4) is 0 Å². The Hall–Kier alpha value is -1.78. The Balaban J connectivity index is 1.61. The summed E-state index contributed by atoms with van der Waals surface area (Å²) in [5, 5.41) is 33.2. The van der Waals surface area contributed by atoms with Crippen molar-refractivity contribution in [1.29, 1.82) is 0 Å². The third-order valence-electron chi connectivity index (χ3n) is 8.70. The highest BCUT2D eigenvalue weighted by Gasteiger charge is 2.92. The second-order valence-corrected chi connectivity index (χ2v) is 10.2. The zero-order chi connectivity index (χ0) is 22.3. The molecule has 3 saturated heterocycles. The van der Waals surface area contributed by atoms with Gasteiger partial charge in [0, 0.05) is 31.1 Å². The predicted octanol–water partition coefficient (Wildman–Crippen LogP) is -0.0722. The zero-order valence-electron chi connectivity index (χ0n) is 17.5. The molecule has 2 saturated carbocycles. The van der Waals surface area contributed by atoms with Crippen LogP contribution in [0.15, 0.2) is 23.8 Å².